The molecular weight excluding hydrogens is 328 g/mol. The average molecular weight is 355 g/mol. The number of hydrogen-bond acceptors (Lipinski definition) is 2. The number of carbonyl (C=O) groups is 1. The van der Waals surface area contributed by atoms with E-state index in [-0.39, 0.29) is 11.8 Å². The fourth-order valence-electron chi connectivity index (χ4n) is 2.66. The molecule has 0 spiro atoms. The minimum absolute atomic E-state index is 0.200. The fraction of sp³-hybridized carbons (Fsp3) is 0.647. The zero-order valence-corrected chi connectivity index (χ0v) is 15.0. The highest BCUT2D eigenvalue weighted by Crippen LogP contribution is 2.27. The van der Waals surface area contributed by atoms with Crippen molar-refractivity contribution in [3.8, 4) is 0 Å². The summed E-state index contributed by atoms with van der Waals surface area (Å²) in [5.41, 5.74) is 1.13. The van der Waals surface area contributed by atoms with Crippen molar-refractivity contribution in [1.29, 1.82) is 0 Å². The number of amides is 1. The Balaban J connectivity index is 0.00000106. The number of rotatable bonds is 4. The van der Waals surface area contributed by atoms with E-state index >= 15 is 0 Å². The summed E-state index contributed by atoms with van der Waals surface area (Å²) in [6.45, 7) is 6.71. The standard InChI is InChI=1S/C15H21BrN2O.C2H6/c1-2-18(14-9-8-12(10-16)11-17-14)15(19)13-6-4-3-5-7-13;1-2/h8-9,11,13H,2-7,10H2,1H3;1-2H3. The molecule has 1 heterocycles. The summed E-state index contributed by atoms with van der Waals surface area (Å²) in [6.07, 6.45) is 7.55. The van der Waals surface area contributed by atoms with Gasteiger partial charge >= 0.3 is 0 Å². The SMILES string of the molecule is CC.CCN(C(=O)C1CCCCC1)c1ccc(CBr)cn1. The van der Waals surface area contributed by atoms with Crippen molar-refractivity contribution in [2.45, 2.75) is 58.2 Å². The second-order valence-corrected chi connectivity index (χ2v) is 5.64. The van der Waals surface area contributed by atoms with E-state index in [1.54, 1.807) is 0 Å². The summed E-state index contributed by atoms with van der Waals surface area (Å²) >= 11 is 3.41. The van der Waals surface area contributed by atoms with Crippen LogP contribution in [0.15, 0.2) is 18.3 Å². The van der Waals surface area contributed by atoms with Gasteiger partial charge in [0.2, 0.25) is 5.91 Å². The third-order valence-electron chi connectivity index (χ3n) is 3.78. The maximum absolute atomic E-state index is 12.6. The van der Waals surface area contributed by atoms with E-state index in [0.29, 0.717) is 6.54 Å². The summed E-state index contributed by atoms with van der Waals surface area (Å²) in [5.74, 6) is 1.23. The molecule has 118 valence electrons. The first-order valence-electron chi connectivity index (χ1n) is 8.08. The van der Waals surface area contributed by atoms with E-state index in [1.165, 1.54) is 19.3 Å². The van der Waals surface area contributed by atoms with E-state index in [9.17, 15) is 4.79 Å². The smallest absolute Gasteiger partial charge is 0.231 e. The van der Waals surface area contributed by atoms with E-state index in [2.05, 4.69) is 20.9 Å². The molecule has 1 saturated carbocycles. The number of hydrogen-bond donors (Lipinski definition) is 0. The van der Waals surface area contributed by atoms with Crippen molar-refractivity contribution >= 4 is 27.7 Å². The third kappa shape index (κ3) is 5.10. The van der Waals surface area contributed by atoms with Gasteiger partial charge in [-0.1, -0.05) is 55.1 Å². The molecule has 0 N–H and O–H groups in total. The molecule has 1 aliphatic carbocycles. The fourth-order valence-corrected chi connectivity index (χ4v) is 2.99. The third-order valence-corrected chi connectivity index (χ3v) is 4.42. The van der Waals surface area contributed by atoms with Crippen LogP contribution in [0.2, 0.25) is 0 Å². The number of nitrogens with zero attached hydrogens (tertiary/aromatic N) is 2. The first kappa shape index (κ1) is 18.1. The Morgan fingerprint density at radius 3 is 2.43 bits per heavy atom. The normalized spacial score (nSPS) is 15.0. The first-order valence-corrected chi connectivity index (χ1v) is 9.20. The molecule has 1 aromatic heterocycles. The highest BCUT2D eigenvalue weighted by Gasteiger charge is 2.26. The van der Waals surface area contributed by atoms with Gasteiger partial charge in [0.05, 0.1) is 0 Å². The zero-order valence-electron chi connectivity index (χ0n) is 13.4. The van der Waals surface area contributed by atoms with Crippen molar-refractivity contribution in [3.63, 3.8) is 0 Å². The summed E-state index contributed by atoms with van der Waals surface area (Å²) in [7, 11) is 0. The molecule has 3 nitrogen and oxygen atoms in total. The van der Waals surface area contributed by atoms with Crippen molar-refractivity contribution < 1.29 is 4.79 Å². The molecule has 1 aromatic rings. The van der Waals surface area contributed by atoms with Crippen molar-refractivity contribution in [3.05, 3.63) is 23.9 Å². The maximum atomic E-state index is 12.6. The molecule has 0 atom stereocenters. The Morgan fingerprint density at radius 1 is 1.29 bits per heavy atom. The molecule has 2 rings (SSSR count). The lowest BCUT2D eigenvalue weighted by atomic mass is 9.88. The van der Waals surface area contributed by atoms with E-state index < -0.39 is 0 Å². The molecule has 1 aliphatic rings. The maximum Gasteiger partial charge on any atom is 0.231 e. The zero-order chi connectivity index (χ0) is 15.7. The minimum atomic E-state index is 0.200. The predicted octanol–water partition coefficient (Wildman–Crippen LogP) is 4.94. The van der Waals surface area contributed by atoms with Gasteiger partial charge in [-0.2, -0.15) is 0 Å². The summed E-state index contributed by atoms with van der Waals surface area (Å²) in [6, 6.07) is 3.97. The van der Waals surface area contributed by atoms with Gasteiger partial charge in [-0.25, -0.2) is 4.98 Å². The van der Waals surface area contributed by atoms with Crippen LogP contribution >= 0.6 is 15.9 Å². The monoisotopic (exact) mass is 354 g/mol. The molecule has 4 heteroatoms. The quantitative estimate of drug-likeness (QED) is 0.717. The van der Waals surface area contributed by atoms with Crippen LogP contribution in [0.4, 0.5) is 5.82 Å². The van der Waals surface area contributed by atoms with E-state index in [1.807, 2.05) is 44.0 Å². The van der Waals surface area contributed by atoms with Crippen molar-refractivity contribution in [2.24, 2.45) is 5.92 Å². The number of pyridine rings is 1. The lowest BCUT2D eigenvalue weighted by Crippen LogP contribution is -2.37. The Bertz CT molecular complexity index is 413. The molecule has 1 amide bonds. The number of carbonyl (C=O) groups excluding carboxylic acids is 1. The van der Waals surface area contributed by atoms with Crippen molar-refractivity contribution in [2.75, 3.05) is 11.4 Å². The van der Waals surface area contributed by atoms with Crippen LogP contribution in [0.3, 0.4) is 0 Å². The van der Waals surface area contributed by atoms with Crippen LogP contribution in [-0.2, 0) is 10.1 Å². The van der Waals surface area contributed by atoms with Gasteiger partial charge in [-0.15, -0.1) is 0 Å². The van der Waals surface area contributed by atoms with Gasteiger partial charge in [0, 0.05) is 24.0 Å². The molecule has 0 aromatic carbocycles. The molecule has 0 aliphatic heterocycles. The van der Waals surface area contributed by atoms with Crippen LogP contribution in [0, 0.1) is 5.92 Å². The molecule has 21 heavy (non-hydrogen) atoms. The summed E-state index contributed by atoms with van der Waals surface area (Å²) in [4.78, 5) is 18.8. The van der Waals surface area contributed by atoms with E-state index in [4.69, 9.17) is 0 Å². The molecule has 0 bridgehead atoms. The van der Waals surface area contributed by atoms with Gasteiger partial charge in [-0.3, -0.25) is 9.69 Å². The van der Waals surface area contributed by atoms with Crippen LogP contribution in [0.5, 0.6) is 0 Å². The predicted molar refractivity (Wildman–Crippen MR) is 92.8 cm³/mol. The average Bonchev–Trinajstić information content (AvgIpc) is 2.58. The van der Waals surface area contributed by atoms with Gasteiger partial charge in [0.25, 0.3) is 0 Å². The first-order chi connectivity index (χ1) is 10.3. The summed E-state index contributed by atoms with van der Waals surface area (Å²) in [5, 5.41) is 0.795. The van der Waals surface area contributed by atoms with Gasteiger partial charge in [-0.05, 0) is 31.4 Å². The molecule has 1 fully saturated rings. The molecule has 0 radical (unpaired) electrons. The van der Waals surface area contributed by atoms with Crippen molar-refractivity contribution in [1.82, 2.24) is 4.98 Å². The largest absolute Gasteiger partial charge is 0.297 e. The Labute approximate surface area is 137 Å². The Kier molecular flexibility index (Phi) is 8.58. The van der Waals surface area contributed by atoms with E-state index in [0.717, 1.165) is 29.6 Å². The summed E-state index contributed by atoms with van der Waals surface area (Å²) < 4.78 is 0. The molecule has 0 saturated heterocycles. The van der Waals surface area contributed by atoms with Crippen LogP contribution < -0.4 is 4.90 Å². The lowest BCUT2D eigenvalue weighted by molar-refractivity contribution is -0.123. The highest BCUT2D eigenvalue weighted by molar-refractivity contribution is 9.08. The number of anilines is 1. The number of alkyl halides is 1. The number of aromatic nitrogens is 1. The lowest BCUT2D eigenvalue weighted by Gasteiger charge is -2.27. The van der Waals surface area contributed by atoms with Crippen LogP contribution in [0.25, 0.3) is 0 Å². The second kappa shape index (κ2) is 9.93. The van der Waals surface area contributed by atoms with Gasteiger partial charge < -0.3 is 0 Å². The van der Waals surface area contributed by atoms with Gasteiger partial charge in [0.15, 0.2) is 0 Å². The minimum Gasteiger partial charge on any atom is -0.297 e. The Morgan fingerprint density at radius 2 is 1.95 bits per heavy atom. The molecule has 0 unspecified atom stereocenters. The Hall–Kier alpha value is -0.900. The van der Waals surface area contributed by atoms with Gasteiger partial charge in [0.1, 0.15) is 5.82 Å². The highest BCUT2D eigenvalue weighted by atomic mass is 79.9. The molecular formula is C17H27BrN2O. The van der Waals surface area contributed by atoms with Crippen LogP contribution in [-0.4, -0.2) is 17.4 Å². The number of halogens is 1. The second-order valence-electron chi connectivity index (χ2n) is 5.08. The van der Waals surface area contributed by atoms with Crippen LogP contribution in [0.1, 0.15) is 58.4 Å². The topological polar surface area (TPSA) is 33.2 Å².